The number of nitrogens with one attached hydrogen (secondary N) is 1. The van der Waals surface area contributed by atoms with Crippen molar-refractivity contribution in [3.05, 3.63) is 53.4 Å². The van der Waals surface area contributed by atoms with Crippen molar-refractivity contribution in [2.75, 3.05) is 0 Å². The molecular formula is C12H12NO2S2. The van der Waals surface area contributed by atoms with Crippen LogP contribution in [0.3, 0.4) is 0 Å². The molecule has 17 heavy (non-hydrogen) atoms. The molecule has 0 saturated carbocycles. The van der Waals surface area contributed by atoms with Gasteiger partial charge in [0.25, 0.3) is 10.0 Å². The molecule has 1 atom stereocenters. The largest absolute Gasteiger partial charge is 0.250 e. The van der Waals surface area contributed by atoms with Crippen LogP contribution >= 0.6 is 11.3 Å². The minimum atomic E-state index is -3.41. The molecule has 3 nitrogen and oxygen atoms in total. The summed E-state index contributed by atoms with van der Waals surface area (Å²) in [6, 6.07) is 13.2. The molecule has 89 valence electrons. The summed E-state index contributed by atoms with van der Waals surface area (Å²) in [5.41, 5.74) is 0.920. The molecule has 5 heteroatoms. The van der Waals surface area contributed by atoms with Crippen molar-refractivity contribution in [1.29, 1.82) is 0 Å². The molecule has 2 aromatic rings. The van der Waals surface area contributed by atoms with Gasteiger partial charge in [-0.05, 0) is 30.0 Å². The van der Waals surface area contributed by atoms with E-state index in [1.165, 1.54) is 11.3 Å². The van der Waals surface area contributed by atoms with Crippen molar-refractivity contribution in [2.45, 2.75) is 17.2 Å². The Morgan fingerprint density at radius 1 is 1.29 bits per heavy atom. The number of hydrogen-bond donors (Lipinski definition) is 1. The highest BCUT2D eigenvalue weighted by molar-refractivity contribution is 7.91. The quantitative estimate of drug-likeness (QED) is 0.924. The molecule has 0 unspecified atom stereocenters. The highest BCUT2D eigenvalue weighted by Gasteiger charge is 2.18. The van der Waals surface area contributed by atoms with Gasteiger partial charge < -0.3 is 0 Å². The second-order valence-electron chi connectivity index (χ2n) is 3.61. The van der Waals surface area contributed by atoms with Gasteiger partial charge in [0.2, 0.25) is 0 Å². The lowest BCUT2D eigenvalue weighted by atomic mass is 10.1. The summed E-state index contributed by atoms with van der Waals surface area (Å²) in [5.74, 6) is 0. The van der Waals surface area contributed by atoms with Gasteiger partial charge in [0.15, 0.2) is 0 Å². The zero-order valence-corrected chi connectivity index (χ0v) is 10.9. The molecule has 0 aliphatic carbocycles. The van der Waals surface area contributed by atoms with Crippen LogP contribution in [0.4, 0.5) is 0 Å². The first kappa shape index (κ1) is 12.3. The third-order valence-corrected chi connectivity index (χ3v) is 5.27. The number of thiophene rings is 1. The molecule has 0 bridgehead atoms. The van der Waals surface area contributed by atoms with Gasteiger partial charge in [-0.15, -0.1) is 11.3 Å². The second-order valence-corrected chi connectivity index (χ2v) is 6.50. The lowest BCUT2D eigenvalue weighted by Gasteiger charge is -2.13. The van der Waals surface area contributed by atoms with E-state index in [0.717, 1.165) is 5.56 Å². The fourth-order valence-electron chi connectivity index (χ4n) is 1.46. The van der Waals surface area contributed by atoms with E-state index in [2.05, 4.69) is 10.8 Å². The molecule has 1 N–H and O–H groups in total. The van der Waals surface area contributed by atoms with Gasteiger partial charge in [-0.3, -0.25) is 0 Å². The molecule has 0 aliphatic rings. The first-order chi connectivity index (χ1) is 8.09. The fourth-order valence-corrected chi connectivity index (χ4v) is 3.71. The van der Waals surface area contributed by atoms with Crippen LogP contribution in [0.1, 0.15) is 18.5 Å². The number of benzene rings is 1. The Labute approximate surface area is 105 Å². The molecule has 0 fully saturated rings. The Balaban J connectivity index is 2.17. The lowest BCUT2D eigenvalue weighted by molar-refractivity contribution is 0.569. The van der Waals surface area contributed by atoms with E-state index in [1.807, 2.05) is 19.1 Å². The highest BCUT2D eigenvalue weighted by atomic mass is 32.2. The predicted molar refractivity (Wildman–Crippen MR) is 68.3 cm³/mol. The van der Waals surface area contributed by atoms with Crippen LogP contribution in [0.2, 0.25) is 0 Å². The average molecular weight is 266 g/mol. The lowest BCUT2D eigenvalue weighted by Crippen LogP contribution is -2.26. The van der Waals surface area contributed by atoms with Gasteiger partial charge >= 0.3 is 0 Å². The maximum absolute atomic E-state index is 12.0. The van der Waals surface area contributed by atoms with Crippen LogP contribution in [0.5, 0.6) is 0 Å². The normalized spacial score (nSPS) is 13.5. The van der Waals surface area contributed by atoms with Gasteiger partial charge in [-0.25, -0.2) is 13.1 Å². The molecule has 0 aliphatic heterocycles. The predicted octanol–water partition coefficient (Wildman–Crippen LogP) is 2.59. The van der Waals surface area contributed by atoms with Crippen molar-refractivity contribution < 1.29 is 8.42 Å². The minimum Gasteiger partial charge on any atom is -0.206 e. The summed E-state index contributed by atoms with van der Waals surface area (Å²) < 4.78 is 26.9. The Bertz CT molecular complexity index is 562. The van der Waals surface area contributed by atoms with Crippen LogP contribution in [-0.4, -0.2) is 8.42 Å². The van der Waals surface area contributed by atoms with Gasteiger partial charge in [0, 0.05) is 6.04 Å². The van der Waals surface area contributed by atoms with Crippen LogP contribution in [0.25, 0.3) is 0 Å². The Kier molecular flexibility index (Phi) is 3.61. The van der Waals surface area contributed by atoms with Gasteiger partial charge in [0.1, 0.15) is 4.21 Å². The minimum absolute atomic E-state index is 0.253. The average Bonchev–Trinajstić information content (AvgIpc) is 2.84. The van der Waals surface area contributed by atoms with Crippen LogP contribution < -0.4 is 4.72 Å². The maximum atomic E-state index is 12.0. The van der Waals surface area contributed by atoms with Crippen molar-refractivity contribution >= 4 is 21.4 Å². The molecule has 0 amide bonds. The van der Waals surface area contributed by atoms with Gasteiger partial charge in [-0.1, -0.05) is 30.3 Å². The van der Waals surface area contributed by atoms with E-state index in [-0.39, 0.29) is 6.04 Å². The molecule has 2 rings (SSSR count). The van der Waals surface area contributed by atoms with Crippen molar-refractivity contribution in [1.82, 2.24) is 4.72 Å². The zero-order chi connectivity index (χ0) is 12.3. The third-order valence-electron chi connectivity index (χ3n) is 2.34. The molecule has 1 radical (unpaired) electrons. The standard InChI is InChI=1S/C12H12NO2S2/c1-10(11-6-3-2-4-7-11)13-17(14,15)12-8-5-9-16-12/h3-10,13H,1H3/t10-/m1/s1. The summed E-state index contributed by atoms with van der Waals surface area (Å²) >= 11 is 1.21. The monoisotopic (exact) mass is 266 g/mol. The topological polar surface area (TPSA) is 46.2 Å². The fraction of sp³-hybridized carbons (Fsp3) is 0.167. The van der Waals surface area contributed by atoms with E-state index in [0.29, 0.717) is 4.21 Å². The number of rotatable bonds is 4. The van der Waals surface area contributed by atoms with Crippen LogP contribution in [0, 0.1) is 6.07 Å². The van der Waals surface area contributed by atoms with Crippen molar-refractivity contribution in [3.63, 3.8) is 0 Å². The number of hydrogen-bond acceptors (Lipinski definition) is 3. The van der Waals surface area contributed by atoms with E-state index in [9.17, 15) is 8.42 Å². The summed E-state index contributed by atoms with van der Waals surface area (Å²) in [6.07, 6.45) is 0. The smallest absolute Gasteiger partial charge is 0.206 e. The van der Waals surface area contributed by atoms with E-state index < -0.39 is 10.0 Å². The maximum Gasteiger partial charge on any atom is 0.250 e. The molecule has 1 aromatic carbocycles. The van der Waals surface area contributed by atoms with E-state index in [1.54, 1.807) is 29.6 Å². The molecule has 1 heterocycles. The first-order valence-electron chi connectivity index (χ1n) is 5.11. The number of sulfonamides is 1. The van der Waals surface area contributed by atoms with Gasteiger partial charge in [-0.2, -0.15) is 0 Å². The summed E-state index contributed by atoms with van der Waals surface area (Å²) in [4.78, 5) is 0. The molecule has 0 saturated heterocycles. The SMILES string of the molecule is C[C@@H](NS(=O)(=O)c1cccs1)c1cc[c]cc1. The highest BCUT2D eigenvalue weighted by Crippen LogP contribution is 2.19. The molecular weight excluding hydrogens is 254 g/mol. The first-order valence-corrected chi connectivity index (χ1v) is 7.48. The van der Waals surface area contributed by atoms with E-state index >= 15 is 0 Å². The van der Waals surface area contributed by atoms with Gasteiger partial charge in [0.05, 0.1) is 0 Å². The Hall–Kier alpha value is -1.17. The van der Waals surface area contributed by atoms with E-state index in [4.69, 9.17) is 0 Å². The summed E-state index contributed by atoms with van der Waals surface area (Å²) in [5, 5.41) is 1.75. The summed E-state index contributed by atoms with van der Waals surface area (Å²) in [7, 11) is -3.41. The third kappa shape index (κ3) is 2.94. The Morgan fingerprint density at radius 3 is 2.59 bits per heavy atom. The van der Waals surface area contributed by atoms with Crippen LogP contribution in [-0.2, 0) is 10.0 Å². The molecule has 1 aromatic heterocycles. The molecule has 0 spiro atoms. The Morgan fingerprint density at radius 2 is 2.00 bits per heavy atom. The van der Waals surface area contributed by atoms with Crippen molar-refractivity contribution in [3.8, 4) is 0 Å². The van der Waals surface area contributed by atoms with Crippen LogP contribution in [0.15, 0.2) is 46.0 Å². The van der Waals surface area contributed by atoms with Crippen molar-refractivity contribution in [2.24, 2.45) is 0 Å². The second kappa shape index (κ2) is 5.00. The zero-order valence-electron chi connectivity index (χ0n) is 9.25. The summed E-state index contributed by atoms with van der Waals surface area (Å²) in [6.45, 7) is 1.82.